The molecule has 26 heavy (non-hydrogen) atoms. The smallest absolute Gasteiger partial charge is 0.410 e. The Balaban J connectivity index is 1.93. The minimum Gasteiger partial charge on any atom is -0.497 e. The molecule has 1 amide bonds. The van der Waals surface area contributed by atoms with Crippen LogP contribution in [0.5, 0.6) is 11.5 Å². The SMILES string of the molecule is COc1ccc(OC)c(C(=O)CN2CCN(C(=O)OC(C)(C)C)CC2)c1. The number of rotatable bonds is 5. The number of hydrogen-bond acceptors (Lipinski definition) is 6. The number of amides is 1. The Bertz CT molecular complexity index is 646. The van der Waals surface area contributed by atoms with E-state index in [9.17, 15) is 9.59 Å². The van der Waals surface area contributed by atoms with E-state index in [-0.39, 0.29) is 18.4 Å². The first kappa shape index (κ1) is 20.0. The van der Waals surface area contributed by atoms with Crippen LogP contribution in [0.4, 0.5) is 4.79 Å². The van der Waals surface area contributed by atoms with Crippen LogP contribution in [0, 0.1) is 0 Å². The van der Waals surface area contributed by atoms with Crippen molar-refractivity contribution in [2.75, 3.05) is 46.9 Å². The van der Waals surface area contributed by atoms with Crippen LogP contribution in [0.3, 0.4) is 0 Å². The Morgan fingerprint density at radius 2 is 1.69 bits per heavy atom. The molecule has 0 aromatic heterocycles. The van der Waals surface area contributed by atoms with Crippen LogP contribution in [0.25, 0.3) is 0 Å². The predicted octanol–water partition coefficient (Wildman–Crippen LogP) is 2.44. The second kappa shape index (κ2) is 8.40. The fraction of sp³-hybridized carbons (Fsp3) is 0.579. The van der Waals surface area contributed by atoms with Gasteiger partial charge < -0.3 is 19.1 Å². The Kier molecular flexibility index (Phi) is 6.47. The summed E-state index contributed by atoms with van der Waals surface area (Å²) in [5, 5.41) is 0. The van der Waals surface area contributed by atoms with Crippen molar-refractivity contribution in [2.24, 2.45) is 0 Å². The van der Waals surface area contributed by atoms with E-state index in [4.69, 9.17) is 14.2 Å². The van der Waals surface area contributed by atoms with Gasteiger partial charge in [-0.3, -0.25) is 9.69 Å². The standard InChI is InChI=1S/C19H28N2O5/c1-19(2,3)26-18(23)21-10-8-20(9-11-21)13-16(22)15-12-14(24-4)6-7-17(15)25-5/h6-7,12H,8-11,13H2,1-5H3. The van der Waals surface area contributed by atoms with E-state index in [1.807, 2.05) is 25.7 Å². The van der Waals surface area contributed by atoms with Gasteiger partial charge in [0.25, 0.3) is 0 Å². The summed E-state index contributed by atoms with van der Waals surface area (Å²) in [5.74, 6) is 1.11. The van der Waals surface area contributed by atoms with Crippen LogP contribution in [0.2, 0.25) is 0 Å². The summed E-state index contributed by atoms with van der Waals surface area (Å²) in [6.45, 7) is 8.14. The molecule has 1 heterocycles. The average molecular weight is 364 g/mol. The number of nitrogens with zero attached hydrogens (tertiary/aromatic N) is 2. The van der Waals surface area contributed by atoms with E-state index in [0.717, 1.165) is 0 Å². The van der Waals surface area contributed by atoms with Crippen molar-refractivity contribution in [2.45, 2.75) is 26.4 Å². The molecule has 7 nitrogen and oxygen atoms in total. The van der Waals surface area contributed by atoms with Gasteiger partial charge in [0.2, 0.25) is 0 Å². The number of piperazine rings is 1. The van der Waals surface area contributed by atoms with E-state index >= 15 is 0 Å². The molecule has 0 N–H and O–H groups in total. The molecule has 1 aliphatic rings. The lowest BCUT2D eigenvalue weighted by Crippen LogP contribution is -2.51. The molecule has 2 rings (SSSR count). The highest BCUT2D eigenvalue weighted by molar-refractivity contribution is 6.00. The predicted molar refractivity (Wildman–Crippen MR) is 98.1 cm³/mol. The zero-order chi connectivity index (χ0) is 19.3. The van der Waals surface area contributed by atoms with Gasteiger partial charge in [-0.1, -0.05) is 0 Å². The van der Waals surface area contributed by atoms with Gasteiger partial charge in [-0.25, -0.2) is 4.79 Å². The van der Waals surface area contributed by atoms with E-state index in [1.54, 1.807) is 30.2 Å². The highest BCUT2D eigenvalue weighted by atomic mass is 16.6. The number of Topliss-reactive ketones (excluding diaryl/α,β-unsaturated/α-hetero) is 1. The third kappa shape index (κ3) is 5.36. The molecule has 0 bridgehead atoms. The molecule has 0 atom stereocenters. The topological polar surface area (TPSA) is 68.3 Å². The fourth-order valence-electron chi connectivity index (χ4n) is 2.74. The van der Waals surface area contributed by atoms with Gasteiger partial charge in [-0.2, -0.15) is 0 Å². The molecule has 0 spiro atoms. The van der Waals surface area contributed by atoms with Gasteiger partial charge in [0.1, 0.15) is 17.1 Å². The third-order valence-electron chi connectivity index (χ3n) is 4.10. The van der Waals surface area contributed by atoms with Crippen LogP contribution in [-0.2, 0) is 4.74 Å². The fourth-order valence-corrected chi connectivity index (χ4v) is 2.74. The van der Waals surface area contributed by atoms with E-state index in [1.165, 1.54) is 7.11 Å². The monoisotopic (exact) mass is 364 g/mol. The number of methoxy groups -OCH3 is 2. The quantitative estimate of drug-likeness (QED) is 0.748. The molecule has 1 saturated heterocycles. The minimum absolute atomic E-state index is 0.0357. The maximum Gasteiger partial charge on any atom is 0.410 e. The molecule has 0 aliphatic carbocycles. The second-order valence-electron chi connectivity index (χ2n) is 7.23. The first-order valence-corrected chi connectivity index (χ1v) is 8.69. The number of ether oxygens (including phenoxy) is 3. The van der Waals surface area contributed by atoms with Gasteiger partial charge >= 0.3 is 6.09 Å². The van der Waals surface area contributed by atoms with Gasteiger partial charge in [0.15, 0.2) is 5.78 Å². The molecular formula is C19H28N2O5. The number of benzene rings is 1. The van der Waals surface area contributed by atoms with Crippen molar-refractivity contribution < 1.29 is 23.8 Å². The summed E-state index contributed by atoms with van der Waals surface area (Å²) in [6.07, 6.45) is -0.307. The number of hydrogen-bond donors (Lipinski definition) is 0. The summed E-state index contributed by atoms with van der Waals surface area (Å²) in [5.41, 5.74) is -0.00553. The largest absolute Gasteiger partial charge is 0.497 e. The van der Waals surface area contributed by atoms with E-state index in [2.05, 4.69) is 0 Å². The molecule has 1 fully saturated rings. The normalized spacial score (nSPS) is 15.5. The Morgan fingerprint density at radius 3 is 2.23 bits per heavy atom. The van der Waals surface area contributed by atoms with Crippen molar-refractivity contribution in [3.63, 3.8) is 0 Å². The third-order valence-corrected chi connectivity index (χ3v) is 4.10. The maximum atomic E-state index is 12.7. The average Bonchev–Trinajstić information content (AvgIpc) is 2.60. The molecule has 7 heteroatoms. The lowest BCUT2D eigenvalue weighted by Gasteiger charge is -2.35. The Morgan fingerprint density at radius 1 is 1.04 bits per heavy atom. The zero-order valence-electron chi connectivity index (χ0n) is 16.2. The first-order valence-electron chi connectivity index (χ1n) is 8.69. The highest BCUT2D eigenvalue weighted by Gasteiger charge is 2.27. The van der Waals surface area contributed by atoms with Crippen LogP contribution in [0.15, 0.2) is 18.2 Å². The second-order valence-corrected chi connectivity index (χ2v) is 7.23. The molecule has 144 valence electrons. The van der Waals surface area contributed by atoms with Crippen LogP contribution in [-0.4, -0.2) is 74.2 Å². The van der Waals surface area contributed by atoms with Crippen LogP contribution >= 0.6 is 0 Å². The van der Waals surface area contributed by atoms with Crippen molar-refractivity contribution >= 4 is 11.9 Å². The molecule has 0 unspecified atom stereocenters. The summed E-state index contributed by atoms with van der Waals surface area (Å²) < 4.78 is 15.9. The molecule has 1 aliphatic heterocycles. The first-order chi connectivity index (χ1) is 12.2. The van der Waals surface area contributed by atoms with Crippen molar-refractivity contribution in [1.82, 2.24) is 9.80 Å². The van der Waals surface area contributed by atoms with Crippen LogP contribution in [0.1, 0.15) is 31.1 Å². The molecular weight excluding hydrogens is 336 g/mol. The molecule has 1 aromatic rings. The summed E-state index contributed by atoms with van der Waals surface area (Å²) >= 11 is 0. The summed E-state index contributed by atoms with van der Waals surface area (Å²) in [6, 6.07) is 5.18. The summed E-state index contributed by atoms with van der Waals surface area (Å²) in [7, 11) is 3.10. The van der Waals surface area contributed by atoms with Crippen LogP contribution < -0.4 is 9.47 Å². The van der Waals surface area contributed by atoms with E-state index in [0.29, 0.717) is 43.2 Å². The number of ketones is 1. The molecule has 0 saturated carbocycles. The zero-order valence-corrected chi connectivity index (χ0v) is 16.2. The Hall–Kier alpha value is -2.28. The lowest BCUT2D eigenvalue weighted by atomic mass is 10.1. The van der Waals surface area contributed by atoms with Gasteiger partial charge in [-0.05, 0) is 39.0 Å². The minimum atomic E-state index is -0.507. The van der Waals surface area contributed by atoms with Gasteiger partial charge in [0, 0.05) is 26.2 Å². The van der Waals surface area contributed by atoms with Crippen molar-refractivity contribution in [3.05, 3.63) is 23.8 Å². The van der Waals surface area contributed by atoms with Gasteiger partial charge in [-0.15, -0.1) is 0 Å². The highest BCUT2D eigenvalue weighted by Crippen LogP contribution is 2.24. The Labute approximate surface area is 154 Å². The van der Waals surface area contributed by atoms with Gasteiger partial charge in [0.05, 0.1) is 26.3 Å². The number of carbonyl (C=O) groups is 2. The molecule has 0 radical (unpaired) electrons. The van der Waals surface area contributed by atoms with E-state index < -0.39 is 5.60 Å². The lowest BCUT2D eigenvalue weighted by molar-refractivity contribution is 0.0149. The number of carbonyl (C=O) groups excluding carboxylic acids is 2. The molecule has 1 aromatic carbocycles. The summed E-state index contributed by atoms with van der Waals surface area (Å²) in [4.78, 5) is 28.5. The maximum absolute atomic E-state index is 12.7. The van der Waals surface area contributed by atoms with Crippen molar-refractivity contribution in [1.29, 1.82) is 0 Å². The van der Waals surface area contributed by atoms with Crippen molar-refractivity contribution in [3.8, 4) is 11.5 Å².